The van der Waals surface area contributed by atoms with Crippen LogP contribution in [-0.2, 0) is 4.74 Å². The molecule has 0 aliphatic heterocycles. The van der Waals surface area contributed by atoms with Crippen LogP contribution in [0.5, 0.6) is 0 Å². The molecule has 18 heavy (non-hydrogen) atoms. The number of nitrogens with one attached hydrogen (secondary N) is 1. The molecular formula is C13H20F2N2O. The van der Waals surface area contributed by atoms with Crippen LogP contribution in [0.25, 0.3) is 0 Å². The molecule has 0 saturated heterocycles. The molecule has 0 amide bonds. The number of nitrogens with two attached hydrogens (primary N) is 1. The van der Waals surface area contributed by atoms with Crippen LogP contribution in [0, 0.1) is 11.6 Å². The molecular weight excluding hydrogens is 238 g/mol. The third kappa shape index (κ3) is 3.04. The van der Waals surface area contributed by atoms with Gasteiger partial charge in [-0.3, -0.25) is 11.3 Å². The Labute approximate surface area is 106 Å². The highest BCUT2D eigenvalue weighted by atomic mass is 19.2. The van der Waals surface area contributed by atoms with Gasteiger partial charge in [-0.1, -0.05) is 13.0 Å². The molecule has 1 rings (SSSR count). The second-order valence-electron chi connectivity index (χ2n) is 4.37. The molecule has 2 unspecified atom stereocenters. The van der Waals surface area contributed by atoms with Crippen molar-refractivity contribution in [3.05, 3.63) is 35.4 Å². The van der Waals surface area contributed by atoms with Gasteiger partial charge in [0.2, 0.25) is 0 Å². The van der Waals surface area contributed by atoms with Gasteiger partial charge in [-0.15, -0.1) is 0 Å². The first-order chi connectivity index (χ1) is 8.48. The van der Waals surface area contributed by atoms with Gasteiger partial charge in [0.15, 0.2) is 11.6 Å². The number of hydrogen-bond acceptors (Lipinski definition) is 3. The normalized spacial score (nSPS) is 16.3. The summed E-state index contributed by atoms with van der Waals surface area (Å²) in [6, 6.07) is 3.34. The van der Waals surface area contributed by atoms with E-state index in [0.29, 0.717) is 18.6 Å². The average Bonchev–Trinajstić information content (AvgIpc) is 2.35. The van der Waals surface area contributed by atoms with Crippen LogP contribution in [0.4, 0.5) is 8.78 Å². The van der Waals surface area contributed by atoms with E-state index >= 15 is 0 Å². The van der Waals surface area contributed by atoms with E-state index in [-0.39, 0.29) is 0 Å². The Bertz CT molecular complexity index is 401. The summed E-state index contributed by atoms with van der Waals surface area (Å²) in [4.78, 5) is 0. The number of rotatable bonds is 6. The zero-order valence-corrected chi connectivity index (χ0v) is 11.0. The summed E-state index contributed by atoms with van der Waals surface area (Å²) in [6.07, 6.45) is 0.689. The van der Waals surface area contributed by atoms with Gasteiger partial charge in [-0.2, -0.15) is 0 Å². The fraction of sp³-hybridized carbons (Fsp3) is 0.538. The summed E-state index contributed by atoms with van der Waals surface area (Å²) in [5.74, 6) is 3.78. The number of hydrogen-bond donors (Lipinski definition) is 2. The van der Waals surface area contributed by atoms with Crippen LogP contribution in [-0.4, -0.2) is 12.2 Å². The molecule has 0 spiro atoms. The van der Waals surface area contributed by atoms with Crippen molar-refractivity contribution in [2.75, 3.05) is 6.61 Å². The van der Waals surface area contributed by atoms with Crippen LogP contribution in [0.2, 0.25) is 0 Å². The maximum atomic E-state index is 13.3. The Hall–Kier alpha value is -1.04. The zero-order chi connectivity index (χ0) is 13.8. The minimum absolute atomic E-state index is 0.405. The SMILES string of the molecule is CCOC(C)(CC)C(NN)c1ccc(F)c(F)c1. The van der Waals surface area contributed by atoms with E-state index in [1.54, 1.807) is 0 Å². The first-order valence-electron chi connectivity index (χ1n) is 6.03. The number of ether oxygens (including phenoxy) is 1. The first-order valence-corrected chi connectivity index (χ1v) is 6.03. The lowest BCUT2D eigenvalue weighted by Gasteiger charge is -2.36. The van der Waals surface area contributed by atoms with Gasteiger partial charge in [0.05, 0.1) is 11.6 Å². The van der Waals surface area contributed by atoms with Gasteiger partial charge in [-0.05, 0) is 38.0 Å². The Morgan fingerprint density at radius 1 is 1.33 bits per heavy atom. The molecule has 0 saturated carbocycles. The Balaban J connectivity index is 3.11. The molecule has 0 bridgehead atoms. The van der Waals surface area contributed by atoms with Gasteiger partial charge < -0.3 is 4.74 Å². The van der Waals surface area contributed by atoms with Gasteiger partial charge in [-0.25, -0.2) is 8.78 Å². The topological polar surface area (TPSA) is 47.3 Å². The molecule has 3 nitrogen and oxygen atoms in total. The van der Waals surface area contributed by atoms with Gasteiger partial charge in [0.1, 0.15) is 0 Å². The standard InChI is InChI=1S/C13H20F2N2O/c1-4-13(3,18-5-2)12(17-16)9-6-7-10(14)11(15)8-9/h6-8,12,17H,4-5,16H2,1-3H3. The van der Waals surface area contributed by atoms with Crippen molar-refractivity contribution in [1.82, 2.24) is 5.43 Å². The van der Waals surface area contributed by atoms with Crippen molar-refractivity contribution < 1.29 is 13.5 Å². The largest absolute Gasteiger partial charge is 0.374 e. The van der Waals surface area contributed by atoms with Gasteiger partial charge >= 0.3 is 0 Å². The Kier molecular flexibility index (Phi) is 5.19. The minimum Gasteiger partial charge on any atom is -0.374 e. The molecule has 0 heterocycles. The number of benzene rings is 1. The first kappa shape index (κ1) is 15.0. The maximum absolute atomic E-state index is 13.3. The molecule has 0 aliphatic carbocycles. The molecule has 0 aliphatic rings. The third-order valence-electron chi connectivity index (χ3n) is 3.23. The number of hydrazine groups is 1. The molecule has 0 fully saturated rings. The number of halogens is 2. The van der Waals surface area contributed by atoms with Crippen molar-refractivity contribution in [3.63, 3.8) is 0 Å². The van der Waals surface area contributed by atoms with Crippen LogP contribution < -0.4 is 11.3 Å². The highest BCUT2D eigenvalue weighted by Gasteiger charge is 2.34. The van der Waals surface area contributed by atoms with Crippen LogP contribution in [0.1, 0.15) is 38.8 Å². The minimum atomic E-state index is -0.886. The second kappa shape index (κ2) is 6.22. The summed E-state index contributed by atoms with van der Waals surface area (Å²) < 4.78 is 31.9. The lowest BCUT2D eigenvalue weighted by molar-refractivity contribution is -0.0564. The molecule has 3 N–H and O–H groups in total. The predicted molar refractivity (Wildman–Crippen MR) is 66.7 cm³/mol. The van der Waals surface area contributed by atoms with Crippen LogP contribution in [0.3, 0.4) is 0 Å². The monoisotopic (exact) mass is 258 g/mol. The third-order valence-corrected chi connectivity index (χ3v) is 3.23. The van der Waals surface area contributed by atoms with Crippen LogP contribution >= 0.6 is 0 Å². The molecule has 1 aromatic rings. The molecule has 2 atom stereocenters. The van der Waals surface area contributed by atoms with E-state index in [4.69, 9.17) is 10.6 Å². The predicted octanol–water partition coefficient (Wildman–Crippen LogP) is 2.67. The van der Waals surface area contributed by atoms with E-state index in [0.717, 1.165) is 12.1 Å². The van der Waals surface area contributed by atoms with Crippen molar-refractivity contribution >= 4 is 0 Å². The van der Waals surface area contributed by atoms with E-state index in [1.165, 1.54) is 6.07 Å². The van der Waals surface area contributed by atoms with E-state index in [9.17, 15) is 8.78 Å². The van der Waals surface area contributed by atoms with Crippen LogP contribution in [0.15, 0.2) is 18.2 Å². The Morgan fingerprint density at radius 2 is 2.00 bits per heavy atom. The highest BCUT2D eigenvalue weighted by molar-refractivity contribution is 5.24. The highest BCUT2D eigenvalue weighted by Crippen LogP contribution is 2.32. The summed E-state index contributed by atoms with van der Waals surface area (Å²) in [6.45, 7) is 6.25. The lowest BCUT2D eigenvalue weighted by atomic mass is 9.88. The fourth-order valence-corrected chi connectivity index (χ4v) is 2.04. The summed E-state index contributed by atoms with van der Waals surface area (Å²) in [7, 11) is 0. The van der Waals surface area contributed by atoms with Gasteiger partial charge in [0.25, 0.3) is 0 Å². The Morgan fingerprint density at radius 3 is 2.44 bits per heavy atom. The smallest absolute Gasteiger partial charge is 0.159 e. The van der Waals surface area contributed by atoms with E-state index < -0.39 is 23.3 Å². The summed E-state index contributed by atoms with van der Waals surface area (Å²) >= 11 is 0. The summed E-state index contributed by atoms with van der Waals surface area (Å²) in [5.41, 5.74) is 2.62. The summed E-state index contributed by atoms with van der Waals surface area (Å²) in [5, 5.41) is 0. The molecule has 0 aromatic heterocycles. The lowest BCUT2D eigenvalue weighted by Crippen LogP contribution is -2.46. The van der Waals surface area contributed by atoms with E-state index in [2.05, 4.69) is 5.43 Å². The van der Waals surface area contributed by atoms with Crippen molar-refractivity contribution in [1.29, 1.82) is 0 Å². The molecule has 102 valence electrons. The maximum Gasteiger partial charge on any atom is 0.159 e. The van der Waals surface area contributed by atoms with Crippen molar-refractivity contribution in [2.24, 2.45) is 5.84 Å². The molecule has 5 heteroatoms. The molecule has 1 aromatic carbocycles. The van der Waals surface area contributed by atoms with Crippen molar-refractivity contribution in [2.45, 2.75) is 38.8 Å². The quantitative estimate of drug-likeness (QED) is 0.609. The zero-order valence-electron chi connectivity index (χ0n) is 11.0. The van der Waals surface area contributed by atoms with Crippen molar-refractivity contribution in [3.8, 4) is 0 Å². The fourth-order valence-electron chi connectivity index (χ4n) is 2.04. The van der Waals surface area contributed by atoms with Gasteiger partial charge in [0, 0.05) is 6.61 Å². The average molecular weight is 258 g/mol. The second-order valence-corrected chi connectivity index (χ2v) is 4.37. The van der Waals surface area contributed by atoms with E-state index in [1.807, 2.05) is 20.8 Å². The molecule has 0 radical (unpaired) electrons.